The third-order valence-electron chi connectivity index (χ3n) is 9.51. The van der Waals surface area contributed by atoms with Crippen molar-refractivity contribution in [2.24, 2.45) is 0 Å². The van der Waals surface area contributed by atoms with Crippen LogP contribution in [0.25, 0.3) is 0 Å². The highest BCUT2D eigenvalue weighted by Crippen LogP contribution is 2.39. The van der Waals surface area contributed by atoms with Gasteiger partial charge in [0.05, 0.1) is 18.8 Å². The molecule has 3 saturated heterocycles. The van der Waals surface area contributed by atoms with E-state index in [-0.39, 0.29) is 31.1 Å². The van der Waals surface area contributed by atoms with Crippen LogP contribution >= 0.6 is 0 Å². The maximum atomic E-state index is 12.3. The van der Waals surface area contributed by atoms with Crippen molar-refractivity contribution in [2.45, 2.75) is 108 Å². The number of amides is 1. The van der Waals surface area contributed by atoms with Crippen molar-refractivity contribution in [3.63, 3.8) is 0 Å². The first-order chi connectivity index (χ1) is 22.0. The molecule has 3 N–H and O–H groups in total. The Morgan fingerprint density at radius 2 is 1.49 bits per heavy atom. The van der Waals surface area contributed by atoms with Crippen LogP contribution in [0.1, 0.15) is 105 Å². The summed E-state index contributed by atoms with van der Waals surface area (Å²) in [4.78, 5) is 28.2. The number of aliphatic hydroxyl groups excluding tert-OH is 1. The number of rotatable bonds is 16. The highest BCUT2D eigenvalue weighted by atomic mass is 16.7. The number of unbranched alkanes of at least 4 members (excludes halogenated alkanes) is 3. The number of carboxylic acid groups (broad SMARTS) is 1. The summed E-state index contributed by atoms with van der Waals surface area (Å²) in [5, 5.41) is 21.3. The number of aliphatic hydroxyl groups is 1. The van der Waals surface area contributed by atoms with Gasteiger partial charge >= 0.3 is 5.97 Å². The summed E-state index contributed by atoms with van der Waals surface area (Å²) in [6.45, 7) is 6.10. The van der Waals surface area contributed by atoms with E-state index < -0.39 is 12.3 Å². The molecule has 4 atom stereocenters. The van der Waals surface area contributed by atoms with Gasteiger partial charge in [-0.3, -0.25) is 14.5 Å². The van der Waals surface area contributed by atoms with Crippen molar-refractivity contribution < 1.29 is 29.3 Å². The summed E-state index contributed by atoms with van der Waals surface area (Å²) in [5.74, 6) is -0.754. The van der Waals surface area contributed by atoms with Crippen LogP contribution in [0, 0.1) is 0 Å². The number of carbonyl (C=O) groups is 2. The van der Waals surface area contributed by atoms with E-state index in [1.807, 2.05) is 36.4 Å². The molecule has 45 heavy (non-hydrogen) atoms. The smallest absolute Gasteiger partial charge is 0.303 e. The molecule has 3 aliphatic heterocycles. The predicted molar refractivity (Wildman–Crippen MR) is 172 cm³/mol. The number of hydrogen-bond acceptors (Lipinski definition) is 7. The quantitative estimate of drug-likeness (QED) is 0.216. The highest BCUT2D eigenvalue weighted by molar-refractivity contribution is 5.75. The minimum absolute atomic E-state index is 0.0131. The largest absolute Gasteiger partial charge is 0.481 e. The normalized spacial score (nSPS) is 24.2. The molecule has 1 amide bonds. The number of aliphatic carboxylic acids is 1. The van der Waals surface area contributed by atoms with Crippen LogP contribution in [-0.2, 0) is 32.2 Å². The number of benzene rings is 2. The molecule has 3 heterocycles. The number of carboxylic acids is 1. The number of hydrogen-bond donors (Lipinski definition) is 3. The van der Waals surface area contributed by atoms with E-state index in [9.17, 15) is 14.7 Å². The van der Waals surface area contributed by atoms with Gasteiger partial charge in [-0.1, -0.05) is 61.4 Å². The van der Waals surface area contributed by atoms with Gasteiger partial charge in [0, 0.05) is 50.5 Å². The Kier molecular flexibility index (Phi) is 12.8. The average Bonchev–Trinajstić information content (AvgIpc) is 3.74. The molecule has 0 spiro atoms. The molecule has 9 heteroatoms. The van der Waals surface area contributed by atoms with Gasteiger partial charge in [0.15, 0.2) is 6.29 Å². The van der Waals surface area contributed by atoms with Gasteiger partial charge < -0.3 is 29.9 Å². The number of ether oxygens (including phenoxy) is 2. The molecule has 0 unspecified atom stereocenters. The fourth-order valence-electron chi connectivity index (χ4n) is 6.90. The zero-order valence-corrected chi connectivity index (χ0v) is 26.6. The van der Waals surface area contributed by atoms with Crippen LogP contribution in [0.3, 0.4) is 0 Å². The molecule has 0 aromatic heterocycles. The molecule has 0 bridgehead atoms. The van der Waals surface area contributed by atoms with Crippen LogP contribution in [0.15, 0.2) is 48.5 Å². The number of nitrogens with one attached hydrogen (secondary N) is 1. The third-order valence-corrected chi connectivity index (χ3v) is 9.51. The third kappa shape index (κ3) is 10.3. The van der Waals surface area contributed by atoms with Crippen LogP contribution in [0.2, 0.25) is 0 Å². The summed E-state index contributed by atoms with van der Waals surface area (Å²) >= 11 is 0. The first-order valence-electron chi connectivity index (χ1n) is 17.0. The Hall–Kier alpha value is -2.82. The van der Waals surface area contributed by atoms with Crippen molar-refractivity contribution in [1.29, 1.82) is 0 Å². The second-order valence-corrected chi connectivity index (χ2v) is 13.0. The van der Waals surface area contributed by atoms with Crippen LogP contribution in [0.4, 0.5) is 0 Å². The second-order valence-electron chi connectivity index (χ2n) is 13.0. The van der Waals surface area contributed by atoms with E-state index in [4.69, 9.17) is 14.6 Å². The minimum atomic E-state index is -0.767. The van der Waals surface area contributed by atoms with Crippen molar-refractivity contribution >= 4 is 11.9 Å². The molecule has 5 rings (SSSR count). The number of likely N-dealkylation sites (tertiary alicyclic amines) is 2. The predicted octanol–water partition coefficient (Wildman–Crippen LogP) is 5.33. The Morgan fingerprint density at radius 1 is 0.800 bits per heavy atom. The summed E-state index contributed by atoms with van der Waals surface area (Å²) in [6.07, 6.45) is 9.10. The van der Waals surface area contributed by atoms with E-state index in [0.29, 0.717) is 25.4 Å². The lowest BCUT2D eigenvalue weighted by molar-refractivity contribution is -0.253. The SMILES string of the molecule is O=C(O)CCCCCCC(=O)NCc1ccc([C@@H]2O[C@H](CN3CCC[C@H]3CN3CCCC3)C[C@H](c3ccc(CO)cc3)O2)cc1. The molecule has 3 aliphatic rings. The fraction of sp³-hybridized carbons (Fsp3) is 0.611. The van der Waals surface area contributed by atoms with Crippen molar-refractivity contribution in [3.05, 3.63) is 70.8 Å². The van der Waals surface area contributed by atoms with Crippen LogP contribution in [0.5, 0.6) is 0 Å². The van der Waals surface area contributed by atoms with E-state index >= 15 is 0 Å². The average molecular weight is 622 g/mol. The van der Waals surface area contributed by atoms with Gasteiger partial charge in [-0.15, -0.1) is 0 Å². The second kappa shape index (κ2) is 17.2. The van der Waals surface area contributed by atoms with E-state index in [1.54, 1.807) is 0 Å². The minimum Gasteiger partial charge on any atom is -0.481 e. The first kappa shape index (κ1) is 33.5. The lowest BCUT2D eigenvalue weighted by atomic mass is 9.99. The maximum absolute atomic E-state index is 12.3. The zero-order chi connectivity index (χ0) is 31.4. The van der Waals surface area contributed by atoms with E-state index in [2.05, 4.69) is 27.2 Å². The monoisotopic (exact) mass is 621 g/mol. The Morgan fingerprint density at radius 3 is 2.20 bits per heavy atom. The molecular weight excluding hydrogens is 570 g/mol. The molecule has 246 valence electrons. The summed E-state index contributed by atoms with van der Waals surface area (Å²) in [7, 11) is 0. The summed E-state index contributed by atoms with van der Waals surface area (Å²) < 4.78 is 13.2. The van der Waals surface area contributed by atoms with Gasteiger partial charge in [0.2, 0.25) is 5.91 Å². The van der Waals surface area contributed by atoms with E-state index in [0.717, 1.165) is 67.6 Å². The fourth-order valence-corrected chi connectivity index (χ4v) is 6.90. The van der Waals surface area contributed by atoms with Crippen molar-refractivity contribution in [2.75, 3.05) is 32.7 Å². The summed E-state index contributed by atoms with van der Waals surface area (Å²) in [6, 6.07) is 16.8. The Labute approximate surface area is 267 Å². The number of carbonyl (C=O) groups excluding carboxylic acids is 1. The molecule has 2 aromatic rings. The molecule has 0 saturated carbocycles. The van der Waals surface area contributed by atoms with Gasteiger partial charge in [0.1, 0.15) is 0 Å². The van der Waals surface area contributed by atoms with Crippen LogP contribution < -0.4 is 5.32 Å². The molecule has 0 radical (unpaired) electrons. The van der Waals surface area contributed by atoms with Crippen molar-refractivity contribution in [1.82, 2.24) is 15.1 Å². The van der Waals surface area contributed by atoms with Gasteiger partial charge in [-0.2, -0.15) is 0 Å². The first-order valence-corrected chi connectivity index (χ1v) is 17.0. The maximum Gasteiger partial charge on any atom is 0.303 e. The highest BCUT2D eigenvalue weighted by Gasteiger charge is 2.36. The summed E-state index contributed by atoms with van der Waals surface area (Å²) in [5.41, 5.74) is 3.96. The molecule has 9 nitrogen and oxygen atoms in total. The Balaban J connectivity index is 1.17. The number of nitrogens with zero attached hydrogens (tertiary/aromatic N) is 2. The lowest BCUT2D eigenvalue weighted by Crippen LogP contribution is -2.45. The van der Waals surface area contributed by atoms with Gasteiger partial charge in [-0.05, 0) is 74.8 Å². The zero-order valence-electron chi connectivity index (χ0n) is 26.6. The molecule has 2 aromatic carbocycles. The topological polar surface area (TPSA) is 112 Å². The van der Waals surface area contributed by atoms with Crippen LogP contribution in [-0.4, -0.2) is 76.8 Å². The lowest BCUT2D eigenvalue weighted by Gasteiger charge is -2.39. The van der Waals surface area contributed by atoms with Crippen molar-refractivity contribution in [3.8, 4) is 0 Å². The van der Waals surface area contributed by atoms with Gasteiger partial charge in [0.25, 0.3) is 0 Å². The molecule has 3 fully saturated rings. The standard InChI is InChI=1S/C36H51N3O6/c40-26-28-13-15-29(16-14-28)33-22-32(25-39-21-7-8-31(39)24-38-19-5-6-20-38)44-36(45-33)30-17-11-27(12-18-30)23-37-34(41)9-3-1-2-4-10-35(42)43/h11-18,31-33,36,40H,1-10,19-26H2,(H,37,41)(H,42,43)/t31-,32-,33+,36+/m0/s1. The van der Waals surface area contributed by atoms with Gasteiger partial charge in [-0.25, -0.2) is 0 Å². The molecular formula is C36H51N3O6. The Bertz CT molecular complexity index is 1200. The van der Waals surface area contributed by atoms with E-state index in [1.165, 1.54) is 38.8 Å². The molecule has 0 aliphatic carbocycles.